The van der Waals surface area contributed by atoms with E-state index in [0.717, 1.165) is 11.5 Å². The molecule has 27 heavy (non-hydrogen) atoms. The van der Waals surface area contributed by atoms with Crippen molar-refractivity contribution in [1.29, 1.82) is 5.26 Å². The zero-order chi connectivity index (χ0) is 19.0. The molecule has 1 aliphatic heterocycles. The van der Waals surface area contributed by atoms with Crippen LogP contribution in [-0.2, 0) is 5.67 Å². The first-order chi connectivity index (χ1) is 12.9. The lowest BCUT2D eigenvalue weighted by Crippen LogP contribution is -2.42. The van der Waals surface area contributed by atoms with Gasteiger partial charge in [0.2, 0.25) is 0 Å². The molecule has 5 rings (SSSR count). The van der Waals surface area contributed by atoms with E-state index in [2.05, 4.69) is 0 Å². The first-order valence-corrected chi connectivity index (χ1v) is 8.21. The van der Waals surface area contributed by atoms with Gasteiger partial charge in [0.1, 0.15) is 0 Å². The second kappa shape index (κ2) is 4.89. The summed E-state index contributed by atoms with van der Waals surface area (Å²) < 4.78 is 59.7. The van der Waals surface area contributed by atoms with E-state index in [9.17, 15) is 13.2 Å². The summed E-state index contributed by atoms with van der Waals surface area (Å²) in [6.07, 6.45) is -5.17. The lowest BCUT2D eigenvalue weighted by atomic mass is 9.82. The van der Waals surface area contributed by atoms with E-state index in [0.29, 0.717) is 10.9 Å². The van der Waals surface area contributed by atoms with Gasteiger partial charge >= 0.3 is 6.18 Å². The number of rotatable bonds is 0. The Morgan fingerprint density at radius 3 is 2.37 bits per heavy atom. The molecule has 132 valence electrons. The predicted molar refractivity (Wildman–Crippen MR) is 93.4 cm³/mol. The van der Waals surface area contributed by atoms with Crippen LogP contribution in [0.4, 0.5) is 17.6 Å². The van der Waals surface area contributed by atoms with Gasteiger partial charge in [-0.25, -0.2) is 4.39 Å². The van der Waals surface area contributed by atoms with Crippen molar-refractivity contribution in [3.05, 3.63) is 77.4 Å². The number of benzene rings is 3. The molecular weight excluding hydrogens is 356 g/mol. The van der Waals surface area contributed by atoms with Gasteiger partial charge in [-0.3, -0.25) is 0 Å². The average molecular weight is 366 g/mol. The van der Waals surface area contributed by atoms with Crippen molar-refractivity contribution >= 4 is 21.8 Å². The maximum absolute atomic E-state index is 15.9. The molecule has 0 bridgehead atoms. The summed E-state index contributed by atoms with van der Waals surface area (Å²) in [7, 11) is 0. The molecule has 6 heteroatoms. The SMILES string of the molecule is N#Cc1ccc2c(c1)C(F)(C(F)(F)F)c1cccc3c4ccccc4n-2c13. The van der Waals surface area contributed by atoms with Crippen molar-refractivity contribution in [3.8, 4) is 11.8 Å². The average Bonchev–Trinajstić information content (AvgIpc) is 3.00. The molecular formula is C21H10F4N2. The number of hydrogen-bond donors (Lipinski definition) is 0. The van der Waals surface area contributed by atoms with Crippen molar-refractivity contribution in [2.45, 2.75) is 11.8 Å². The summed E-state index contributed by atoms with van der Waals surface area (Å²) in [6, 6.07) is 17.1. The molecule has 0 radical (unpaired) electrons. The summed E-state index contributed by atoms with van der Waals surface area (Å²) in [6.45, 7) is 0. The third-order valence-corrected chi connectivity index (χ3v) is 5.19. The highest BCUT2D eigenvalue weighted by atomic mass is 19.4. The molecule has 1 aromatic heterocycles. The monoisotopic (exact) mass is 366 g/mol. The van der Waals surface area contributed by atoms with Crippen LogP contribution in [0.15, 0.2) is 60.7 Å². The van der Waals surface area contributed by atoms with Gasteiger partial charge in [-0.05, 0) is 24.3 Å². The molecule has 2 nitrogen and oxygen atoms in total. The zero-order valence-corrected chi connectivity index (χ0v) is 13.7. The minimum absolute atomic E-state index is 0.0212. The first kappa shape index (κ1) is 15.9. The molecule has 0 aliphatic carbocycles. The number of aromatic nitrogens is 1. The summed E-state index contributed by atoms with van der Waals surface area (Å²) >= 11 is 0. The van der Waals surface area contributed by atoms with Crippen LogP contribution in [0.1, 0.15) is 16.7 Å². The number of para-hydroxylation sites is 2. The van der Waals surface area contributed by atoms with E-state index in [1.54, 1.807) is 41.0 Å². The number of fused-ring (bicyclic) bond motifs is 5. The van der Waals surface area contributed by atoms with Crippen LogP contribution in [0.2, 0.25) is 0 Å². The van der Waals surface area contributed by atoms with E-state index in [4.69, 9.17) is 5.26 Å². The van der Waals surface area contributed by atoms with Crippen molar-refractivity contribution in [3.63, 3.8) is 0 Å². The van der Waals surface area contributed by atoms with Crippen molar-refractivity contribution < 1.29 is 17.6 Å². The molecule has 1 aliphatic rings. The summed E-state index contributed by atoms with van der Waals surface area (Å²) in [5, 5.41) is 10.4. The summed E-state index contributed by atoms with van der Waals surface area (Å²) in [5.74, 6) is 0. The van der Waals surface area contributed by atoms with Gasteiger partial charge in [0.25, 0.3) is 5.67 Å². The number of nitriles is 1. The normalized spacial score (nSPS) is 18.5. The lowest BCUT2D eigenvalue weighted by Gasteiger charge is -2.35. The van der Waals surface area contributed by atoms with Gasteiger partial charge in [0.05, 0.1) is 28.4 Å². The Bertz CT molecular complexity index is 1290. The molecule has 2 heterocycles. The minimum atomic E-state index is -5.17. The first-order valence-electron chi connectivity index (χ1n) is 8.21. The van der Waals surface area contributed by atoms with Crippen molar-refractivity contribution in [2.24, 2.45) is 0 Å². The Kier molecular flexibility index (Phi) is 2.88. The van der Waals surface area contributed by atoms with Crippen LogP contribution in [0.25, 0.3) is 27.5 Å². The zero-order valence-electron chi connectivity index (χ0n) is 13.7. The van der Waals surface area contributed by atoms with E-state index < -0.39 is 23.0 Å². The van der Waals surface area contributed by atoms with Gasteiger partial charge in [-0.2, -0.15) is 18.4 Å². The van der Waals surface area contributed by atoms with E-state index in [1.807, 2.05) is 0 Å². The molecule has 0 amide bonds. The fraction of sp³-hybridized carbons (Fsp3) is 0.0952. The Labute approximate surface area is 150 Å². The molecule has 0 saturated heterocycles. The number of nitrogens with zero attached hydrogens (tertiary/aromatic N) is 2. The van der Waals surface area contributed by atoms with E-state index >= 15 is 4.39 Å². The third kappa shape index (κ3) is 1.78. The van der Waals surface area contributed by atoms with Crippen LogP contribution in [0.5, 0.6) is 0 Å². The van der Waals surface area contributed by atoms with Crippen molar-refractivity contribution in [2.75, 3.05) is 0 Å². The standard InChI is InChI=1S/C21H10F4N2/c22-20(21(23,24)25)15-6-3-5-14-13-4-1-2-7-17(13)27(19(14)15)18-9-8-12(11-26)10-16(18)20/h1-10H. The largest absolute Gasteiger partial charge is 0.431 e. The predicted octanol–water partition coefficient (Wildman–Crippen LogP) is 5.74. The molecule has 1 unspecified atom stereocenters. The highest BCUT2D eigenvalue weighted by Gasteiger charge is 2.62. The van der Waals surface area contributed by atoms with Crippen LogP contribution in [0.3, 0.4) is 0 Å². The Morgan fingerprint density at radius 1 is 0.889 bits per heavy atom. The maximum Gasteiger partial charge on any atom is 0.431 e. The van der Waals surface area contributed by atoms with E-state index in [1.165, 1.54) is 24.3 Å². The highest BCUT2D eigenvalue weighted by molar-refractivity contribution is 6.11. The van der Waals surface area contributed by atoms with Crippen LogP contribution in [0, 0.1) is 11.3 Å². The smallest absolute Gasteiger partial charge is 0.308 e. The fourth-order valence-corrected chi connectivity index (χ4v) is 4.07. The maximum atomic E-state index is 15.9. The Balaban J connectivity index is 2.09. The topological polar surface area (TPSA) is 28.7 Å². The van der Waals surface area contributed by atoms with Crippen LogP contribution < -0.4 is 0 Å². The Hall–Kier alpha value is -3.33. The molecule has 0 saturated carbocycles. The molecule has 4 aromatic rings. The van der Waals surface area contributed by atoms with Gasteiger partial charge in [0, 0.05) is 21.9 Å². The number of hydrogen-bond acceptors (Lipinski definition) is 1. The summed E-state index contributed by atoms with van der Waals surface area (Å²) in [5.41, 5.74) is -3.74. The number of halogens is 4. The van der Waals surface area contributed by atoms with Crippen LogP contribution >= 0.6 is 0 Å². The fourth-order valence-electron chi connectivity index (χ4n) is 4.07. The van der Waals surface area contributed by atoms with Crippen molar-refractivity contribution in [1.82, 2.24) is 4.57 Å². The minimum Gasteiger partial charge on any atom is -0.308 e. The summed E-state index contributed by atoms with van der Waals surface area (Å²) in [4.78, 5) is 0. The second-order valence-electron chi connectivity index (χ2n) is 6.55. The van der Waals surface area contributed by atoms with Gasteiger partial charge in [0.15, 0.2) is 0 Å². The van der Waals surface area contributed by atoms with E-state index in [-0.39, 0.29) is 16.8 Å². The Morgan fingerprint density at radius 2 is 1.63 bits per heavy atom. The van der Waals surface area contributed by atoms with Gasteiger partial charge < -0.3 is 4.57 Å². The van der Waals surface area contributed by atoms with Gasteiger partial charge in [-0.1, -0.05) is 36.4 Å². The van der Waals surface area contributed by atoms with Gasteiger partial charge in [-0.15, -0.1) is 0 Å². The lowest BCUT2D eigenvalue weighted by molar-refractivity contribution is -0.219. The van der Waals surface area contributed by atoms with Crippen LogP contribution in [-0.4, -0.2) is 10.7 Å². The highest BCUT2D eigenvalue weighted by Crippen LogP contribution is 2.55. The third-order valence-electron chi connectivity index (χ3n) is 5.19. The quantitative estimate of drug-likeness (QED) is 0.365. The molecule has 0 N–H and O–H groups in total. The molecule has 0 spiro atoms. The number of alkyl halides is 4. The molecule has 0 fully saturated rings. The molecule has 1 atom stereocenters. The second-order valence-corrected chi connectivity index (χ2v) is 6.55. The molecule has 3 aromatic carbocycles.